The predicted octanol–water partition coefficient (Wildman–Crippen LogP) is 5.95. The third-order valence-electron chi connectivity index (χ3n) is 4.55. The van der Waals surface area contributed by atoms with Crippen molar-refractivity contribution < 1.29 is 14.6 Å². The van der Waals surface area contributed by atoms with Crippen LogP contribution in [0.4, 0.5) is 0 Å². The topological polar surface area (TPSA) is 72.3 Å². The molecule has 4 rings (SSSR count). The molecule has 0 saturated carbocycles. The van der Waals surface area contributed by atoms with E-state index in [1.165, 1.54) is 6.92 Å². The van der Waals surface area contributed by atoms with E-state index in [9.17, 15) is 4.79 Å². The molecule has 0 amide bonds. The Labute approximate surface area is 190 Å². The molecule has 2 heterocycles. The highest BCUT2D eigenvalue weighted by Gasteiger charge is 2.06. The van der Waals surface area contributed by atoms with Crippen LogP contribution in [0.1, 0.15) is 29.2 Å². The Morgan fingerprint density at radius 1 is 0.871 bits per heavy atom. The quantitative estimate of drug-likeness (QED) is 0.385. The average molecular weight is 457 g/mol. The lowest BCUT2D eigenvalue weighted by Gasteiger charge is -2.08. The van der Waals surface area contributed by atoms with Gasteiger partial charge in [0.15, 0.2) is 0 Å². The Morgan fingerprint density at radius 3 is 1.84 bits per heavy atom. The van der Waals surface area contributed by atoms with Crippen molar-refractivity contribution in [2.45, 2.75) is 34.0 Å². The molecule has 0 aliphatic heterocycles. The maximum atomic E-state index is 10.8. The first kappa shape index (κ1) is 22.9. The number of aryl methyl sites for hydroxylation is 2. The molecule has 0 aliphatic rings. The number of fused-ring (bicyclic) bond motifs is 2. The van der Waals surface area contributed by atoms with E-state index in [4.69, 9.17) is 33.0 Å². The van der Waals surface area contributed by atoms with Crippen LogP contribution in [-0.4, -0.2) is 21.0 Å². The minimum absolute atomic E-state index is 0.00676. The summed E-state index contributed by atoms with van der Waals surface area (Å²) in [6.45, 7) is 5.61. The Hall–Kier alpha value is -2.73. The zero-order valence-corrected chi connectivity index (χ0v) is 19.0. The molecule has 0 spiro atoms. The van der Waals surface area contributed by atoms with Crippen LogP contribution in [0.3, 0.4) is 0 Å². The van der Waals surface area contributed by atoms with Crippen LogP contribution in [-0.2, 0) is 22.7 Å². The number of benzene rings is 2. The first-order valence-electron chi connectivity index (χ1n) is 9.60. The van der Waals surface area contributed by atoms with Crippen molar-refractivity contribution in [1.82, 2.24) is 9.97 Å². The molecule has 4 aromatic rings. The van der Waals surface area contributed by atoms with E-state index in [-0.39, 0.29) is 19.2 Å². The van der Waals surface area contributed by atoms with Gasteiger partial charge in [0.1, 0.15) is 6.61 Å². The molecule has 2 aromatic heterocycles. The van der Waals surface area contributed by atoms with Gasteiger partial charge in [-0.05, 0) is 43.7 Å². The smallest absolute Gasteiger partial charge is 0.302 e. The third-order valence-corrected chi connectivity index (χ3v) is 4.96. The van der Waals surface area contributed by atoms with Crippen LogP contribution in [0.25, 0.3) is 21.8 Å². The number of hydrogen-bond acceptors (Lipinski definition) is 5. The number of carbonyl (C=O) groups is 1. The first-order valence-corrected chi connectivity index (χ1v) is 10.4. The average Bonchev–Trinajstić information content (AvgIpc) is 2.71. The Balaban J connectivity index is 0.000000179. The SMILES string of the molecule is CC(=O)OCc1cc(C)cc2cc(Cl)cnc12.Cc1cc(CO)c2ncc(Cl)cc2c1. The van der Waals surface area contributed by atoms with Gasteiger partial charge in [0, 0.05) is 41.2 Å². The highest BCUT2D eigenvalue weighted by Crippen LogP contribution is 2.23. The molecule has 0 saturated heterocycles. The fourth-order valence-corrected chi connectivity index (χ4v) is 3.67. The number of halogens is 2. The molecule has 0 unspecified atom stereocenters. The lowest BCUT2D eigenvalue weighted by atomic mass is 10.1. The van der Waals surface area contributed by atoms with Crippen molar-refractivity contribution in [3.63, 3.8) is 0 Å². The number of esters is 1. The molecule has 31 heavy (non-hydrogen) atoms. The molecule has 7 heteroatoms. The lowest BCUT2D eigenvalue weighted by Crippen LogP contribution is -2.00. The number of pyridine rings is 2. The van der Waals surface area contributed by atoms with Crippen molar-refractivity contribution in [1.29, 1.82) is 0 Å². The number of rotatable bonds is 3. The number of nitrogens with zero attached hydrogens (tertiary/aromatic N) is 2. The Bertz CT molecular complexity index is 1250. The molecule has 0 fully saturated rings. The van der Waals surface area contributed by atoms with Crippen molar-refractivity contribution >= 4 is 51.0 Å². The Kier molecular flexibility index (Phi) is 7.44. The van der Waals surface area contributed by atoms with E-state index in [2.05, 4.69) is 9.97 Å². The molecule has 160 valence electrons. The number of aliphatic hydroxyl groups excluding tert-OH is 1. The van der Waals surface area contributed by atoms with Gasteiger partial charge in [-0.25, -0.2) is 0 Å². The maximum Gasteiger partial charge on any atom is 0.302 e. The summed E-state index contributed by atoms with van der Waals surface area (Å²) < 4.78 is 5.01. The van der Waals surface area contributed by atoms with Gasteiger partial charge in [-0.2, -0.15) is 0 Å². The lowest BCUT2D eigenvalue weighted by molar-refractivity contribution is -0.142. The summed E-state index contributed by atoms with van der Waals surface area (Å²) in [5.74, 6) is -0.298. The second-order valence-electron chi connectivity index (χ2n) is 7.24. The van der Waals surface area contributed by atoms with Crippen LogP contribution in [0.15, 0.2) is 48.8 Å². The second kappa shape index (κ2) is 10.1. The fourth-order valence-electron chi connectivity index (χ4n) is 3.34. The normalized spacial score (nSPS) is 10.6. The minimum Gasteiger partial charge on any atom is -0.461 e. The predicted molar refractivity (Wildman–Crippen MR) is 124 cm³/mol. The van der Waals surface area contributed by atoms with Crippen LogP contribution in [0, 0.1) is 13.8 Å². The van der Waals surface area contributed by atoms with Gasteiger partial charge in [0.25, 0.3) is 0 Å². The van der Waals surface area contributed by atoms with Crippen LogP contribution in [0.2, 0.25) is 10.0 Å². The highest BCUT2D eigenvalue weighted by molar-refractivity contribution is 6.31. The molecule has 5 nitrogen and oxygen atoms in total. The van der Waals surface area contributed by atoms with Crippen molar-refractivity contribution in [2.24, 2.45) is 0 Å². The number of ether oxygens (including phenoxy) is 1. The van der Waals surface area contributed by atoms with E-state index in [0.29, 0.717) is 10.0 Å². The summed E-state index contributed by atoms with van der Waals surface area (Å²) >= 11 is 11.7. The van der Waals surface area contributed by atoms with E-state index in [1.807, 2.05) is 50.2 Å². The number of aromatic nitrogens is 2. The molecule has 2 aromatic carbocycles. The summed E-state index contributed by atoms with van der Waals surface area (Å²) in [7, 11) is 0. The molecular formula is C24H22Cl2N2O3. The molecule has 0 radical (unpaired) electrons. The standard InChI is InChI=1S/C13H12ClNO2.C11H10ClNO/c1-8-3-10-5-12(14)6-15-13(10)11(4-8)7-17-9(2)16;1-7-2-8-4-10(12)5-13-11(8)9(3-7)6-14/h3-6H,7H2,1-2H3;2-5,14H,6H2,1H3. The number of aliphatic hydroxyl groups is 1. The summed E-state index contributed by atoms with van der Waals surface area (Å²) in [5, 5.41) is 12.3. The van der Waals surface area contributed by atoms with E-state index >= 15 is 0 Å². The monoisotopic (exact) mass is 456 g/mol. The van der Waals surface area contributed by atoms with Gasteiger partial charge in [0.2, 0.25) is 0 Å². The molecule has 1 N–H and O–H groups in total. The third kappa shape index (κ3) is 5.91. The van der Waals surface area contributed by atoms with Crippen LogP contribution in [0.5, 0.6) is 0 Å². The van der Waals surface area contributed by atoms with Crippen molar-refractivity contribution in [3.05, 3.63) is 81.1 Å². The largest absolute Gasteiger partial charge is 0.461 e. The molecule has 0 atom stereocenters. The summed E-state index contributed by atoms with van der Waals surface area (Å²) in [4.78, 5) is 19.3. The van der Waals surface area contributed by atoms with Crippen molar-refractivity contribution in [3.8, 4) is 0 Å². The molecule has 0 aliphatic carbocycles. The molecular weight excluding hydrogens is 435 g/mol. The van der Waals surface area contributed by atoms with E-state index in [0.717, 1.165) is 44.1 Å². The molecule has 0 bridgehead atoms. The first-order chi connectivity index (χ1) is 14.8. The van der Waals surface area contributed by atoms with Gasteiger partial charge in [0.05, 0.1) is 27.7 Å². The highest BCUT2D eigenvalue weighted by atomic mass is 35.5. The second-order valence-corrected chi connectivity index (χ2v) is 8.11. The Morgan fingerprint density at radius 2 is 1.35 bits per heavy atom. The summed E-state index contributed by atoms with van der Waals surface area (Å²) in [5.41, 5.74) is 5.57. The van der Waals surface area contributed by atoms with Gasteiger partial charge in [-0.1, -0.05) is 40.9 Å². The van der Waals surface area contributed by atoms with Crippen molar-refractivity contribution in [2.75, 3.05) is 0 Å². The number of hydrogen-bond donors (Lipinski definition) is 1. The van der Waals surface area contributed by atoms with Gasteiger partial charge >= 0.3 is 5.97 Å². The number of carbonyl (C=O) groups excluding carboxylic acids is 1. The minimum atomic E-state index is -0.298. The zero-order chi connectivity index (χ0) is 22.5. The van der Waals surface area contributed by atoms with Gasteiger partial charge in [-0.15, -0.1) is 0 Å². The maximum absolute atomic E-state index is 10.8. The summed E-state index contributed by atoms with van der Waals surface area (Å²) in [6.07, 6.45) is 3.19. The fraction of sp³-hybridized carbons (Fsp3) is 0.208. The zero-order valence-electron chi connectivity index (χ0n) is 17.4. The van der Waals surface area contributed by atoms with E-state index in [1.54, 1.807) is 12.4 Å². The van der Waals surface area contributed by atoms with E-state index < -0.39 is 0 Å². The van der Waals surface area contributed by atoms with Gasteiger partial charge in [-0.3, -0.25) is 14.8 Å². The van der Waals surface area contributed by atoms with Crippen LogP contribution < -0.4 is 0 Å². The van der Waals surface area contributed by atoms with Crippen LogP contribution >= 0.6 is 23.2 Å². The van der Waals surface area contributed by atoms with Gasteiger partial charge < -0.3 is 9.84 Å². The summed E-state index contributed by atoms with van der Waals surface area (Å²) in [6, 6.07) is 11.6.